The van der Waals surface area contributed by atoms with Gasteiger partial charge in [-0.3, -0.25) is 4.79 Å². The van der Waals surface area contributed by atoms with Crippen LogP contribution in [0.4, 0.5) is 10.1 Å². The number of likely N-dealkylation sites (tertiary alicyclic amines) is 1. The number of carbonyl (C=O) groups is 1. The number of nitrogens with zero attached hydrogens (tertiary/aromatic N) is 1. The average molecular weight is 356 g/mol. The van der Waals surface area contributed by atoms with Crippen LogP contribution in [-0.2, 0) is 17.8 Å². The molecule has 1 heterocycles. The maximum absolute atomic E-state index is 13.0. The molecule has 1 saturated heterocycles. The van der Waals surface area contributed by atoms with Crippen molar-refractivity contribution in [3.05, 3.63) is 65.5 Å². The highest BCUT2D eigenvalue weighted by atomic mass is 19.1. The number of hydrogen-bond donors (Lipinski definition) is 2. The number of aliphatic hydroxyl groups excluding tert-OH is 1. The standard InChI is InChI=1S/C21H25FN2O2/c22-18-6-8-19(9-7-18)23-20-11-13-24(14-12-20)21(26)10-5-16-1-3-17(15-25)4-2-16/h1-4,6-9,20,23,25H,5,10-15H2. The Bertz CT molecular complexity index is 708. The summed E-state index contributed by atoms with van der Waals surface area (Å²) in [5.41, 5.74) is 2.92. The van der Waals surface area contributed by atoms with E-state index >= 15 is 0 Å². The predicted octanol–water partition coefficient (Wildman–Crippen LogP) is 3.35. The van der Waals surface area contributed by atoms with E-state index < -0.39 is 0 Å². The molecule has 0 atom stereocenters. The molecule has 3 rings (SSSR count). The second-order valence-electron chi connectivity index (χ2n) is 6.78. The number of hydrogen-bond acceptors (Lipinski definition) is 3. The molecule has 5 heteroatoms. The lowest BCUT2D eigenvalue weighted by atomic mass is 10.0. The Kier molecular flexibility index (Phi) is 6.23. The summed E-state index contributed by atoms with van der Waals surface area (Å²) in [7, 11) is 0. The van der Waals surface area contributed by atoms with Gasteiger partial charge in [0.15, 0.2) is 0 Å². The summed E-state index contributed by atoms with van der Waals surface area (Å²) >= 11 is 0. The number of aryl methyl sites for hydroxylation is 1. The van der Waals surface area contributed by atoms with E-state index in [1.54, 1.807) is 12.1 Å². The first-order chi connectivity index (χ1) is 12.6. The lowest BCUT2D eigenvalue weighted by Gasteiger charge is -2.33. The van der Waals surface area contributed by atoms with Gasteiger partial charge in [-0.1, -0.05) is 24.3 Å². The molecule has 26 heavy (non-hydrogen) atoms. The Morgan fingerprint density at radius 2 is 1.65 bits per heavy atom. The number of carbonyl (C=O) groups excluding carboxylic acids is 1. The molecule has 1 amide bonds. The molecule has 0 aliphatic carbocycles. The van der Waals surface area contributed by atoms with E-state index in [-0.39, 0.29) is 18.3 Å². The fraction of sp³-hybridized carbons (Fsp3) is 0.381. The Balaban J connectivity index is 1.42. The molecule has 0 unspecified atom stereocenters. The van der Waals surface area contributed by atoms with Crippen LogP contribution < -0.4 is 5.32 Å². The number of halogens is 1. The molecule has 2 aromatic carbocycles. The highest BCUT2D eigenvalue weighted by molar-refractivity contribution is 5.76. The number of amides is 1. The van der Waals surface area contributed by atoms with Crippen molar-refractivity contribution in [2.24, 2.45) is 0 Å². The molecule has 0 bridgehead atoms. The van der Waals surface area contributed by atoms with E-state index in [0.29, 0.717) is 12.5 Å². The van der Waals surface area contributed by atoms with Crippen molar-refractivity contribution >= 4 is 11.6 Å². The van der Waals surface area contributed by atoms with Gasteiger partial charge in [0.2, 0.25) is 5.91 Å². The fourth-order valence-corrected chi connectivity index (χ4v) is 3.28. The molecule has 1 aliphatic rings. The molecule has 0 aromatic heterocycles. The van der Waals surface area contributed by atoms with Crippen LogP contribution in [-0.4, -0.2) is 35.0 Å². The van der Waals surface area contributed by atoms with Gasteiger partial charge in [0.25, 0.3) is 0 Å². The minimum atomic E-state index is -0.234. The molecule has 2 N–H and O–H groups in total. The predicted molar refractivity (Wildman–Crippen MR) is 100 cm³/mol. The highest BCUT2D eigenvalue weighted by Crippen LogP contribution is 2.18. The van der Waals surface area contributed by atoms with Crippen molar-refractivity contribution in [1.82, 2.24) is 4.90 Å². The van der Waals surface area contributed by atoms with Crippen LogP contribution in [0.25, 0.3) is 0 Å². The minimum Gasteiger partial charge on any atom is -0.392 e. The first kappa shape index (κ1) is 18.4. The summed E-state index contributed by atoms with van der Waals surface area (Å²) in [6.45, 7) is 1.54. The zero-order valence-electron chi connectivity index (χ0n) is 14.8. The summed E-state index contributed by atoms with van der Waals surface area (Å²) < 4.78 is 13.0. The van der Waals surface area contributed by atoms with Gasteiger partial charge in [0.05, 0.1) is 6.61 Å². The SMILES string of the molecule is O=C(CCc1ccc(CO)cc1)N1CCC(Nc2ccc(F)cc2)CC1. The number of nitrogens with one attached hydrogen (secondary N) is 1. The van der Waals surface area contributed by atoms with Gasteiger partial charge in [-0.05, 0) is 54.7 Å². The first-order valence-corrected chi connectivity index (χ1v) is 9.12. The van der Waals surface area contributed by atoms with Crippen LogP contribution in [0.3, 0.4) is 0 Å². The highest BCUT2D eigenvalue weighted by Gasteiger charge is 2.22. The van der Waals surface area contributed by atoms with Crippen LogP contribution in [0.2, 0.25) is 0 Å². The maximum Gasteiger partial charge on any atom is 0.222 e. The normalized spacial score (nSPS) is 15.1. The van der Waals surface area contributed by atoms with Gasteiger partial charge in [0, 0.05) is 31.2 Å². The smallest absolute Gasteiger partial charge is 0.222 e. The van der Waals surface area contributed by atoms with Crippen LogP contribution in [0.15, 0.2) is 48.5 Å². The molecule has 4 nitrogen and oxygen atoms in total. The molecule has 1 aliphatic heterocycles. The third-order valence-corrected chi connectivity index (χ3v) is 4.90. The number of piperidine rings is 1. The van der Waals surface area contributed by atoms with Gasteiger partial charge in [-0.2, -0.15) is 0 Å². The Hall–Kier alpha value is -2.40. The summed E-state index contributed by atoms with van der Waals surface area (Å²) in [4.78, 5) is 14.4. The molecule has 0 radical (unpaired) electrons. The van der Waals surface area contributed by atoms with Gasteiger partial charge in [0.1, 0.15) is 5.82 Å². The van der Waals surface area contributed by atoms with Crippen molar-refractivity contribution in [2.75, 3.05) is 18.4 Å². The topological polar surface area (TPSA) is 52.6 Å². The molecular weight excluding hydrogens is 331 g/mol. The summed E-state index contributed by atoms with van der Waals surface area (Å²) in [5, 5.41) is 12.5. The average Bonchev–Trinajstić information content (AvgIpc) is 2.69. The lowest BCUT2D eigenvalue weighted by molar-refractivity contribution is -0.132. The quantitative estimate of drug-likeness (QED) is 0.835. The van der Waals surface area contributed by atoms with Crippen LogP contribution in [0.5, 0.6) is 0 Å². The van der Waals surface area contributed by atoms with E-state index in [1.807, 2.05) is 29.2 Å². The number of benzene rings is 2. The molecular formula is C21H25FN2O2. The van der Waals surface area contributed by atoms with Crippen LogP contribution in [0, 0.1) is 5.82 Å². The monoisotopic (exact) mass is 356 g/mol. The van der Waals surface area contributed by atoms with E-state index in [0.717, 1.165) is 49.2 Å². The molecule has 0 spiro atoms. The van der Waals surface area contributed by atoms with Crippen LogP contribution >= 0.6 is 0 Å². The lowest BCUT2D eigenvalue weighted by Crippen LogP contribution is -2.42. The van der Waals surface area contributed by atoms with E-state index in [4.69, 9.17) is 5.11 Å². The van der Waals surface area contributed by atoms with Gasteiger partial charge in [-0.25, -0.2) is 4.39 Å². The van der Waals surface area contributed by atoms with Crippen molar-refractivity contribution in [3.63, 3.8) is 0 Å². The second kappa shape index (κ2) is 8.81. The summed E-state index contributed by atoms with van der Waals surface area (Å²) in [6, 6.07) is 14.4. The fourth-order valence-electron chi connectivity index (χ4n) is 3.28. The van der Waals surface area contributed by atoms with Gasteiger partial charge < -0.3 is 15.3 Å². The molecule has 138 valence electrons. The third-order valence-electron chi connectivity index (χ3n) is 4.90. The summed E-state index contributed by atoms with van der Waals surface area (Å²) in [5.74, 6) is -0.0431. The van der Waals surface area contributed by atoms with Crippen LogP contribution in [0.1, 0.15) is 30.4 Å². The number of rotatable bonds is 6. The third kappa shape index (κ3) is 5.05. The second-order valence-corrected chi connectivity index (χ2v) is 6.78. The van der Waals surface area contributed by atoms with E-state index in [1.165, 1.54) is 12.1 Å². The Labute approximate surface area is 153 Å². The zero-order chi connectivity index (χ0) is 18.4. The van der Waals surface area contributed by atoms with Crippen molar-refractivity contribution in [2.45, 2.75) is 38.3 Å². The van der Waals surface area contributed by atoms with Gasteiger partial charge in [-0.15, -0.1) is 0 Å². The Morgan fingerprint density at radius 1 is 1.04 bits per heavy atom. The van der Waals surface area contributed by atoms with Crippen molar-refractivity contribution < 1.29 is 14.3 Å². The molecule has 0 saturated carbocycles. The summed E-state index contributed by atoms with van der Waals surface area (Å²) in [6.07, 6.45) is 3.02. The molecule has 1 fully saturated rings. The van der Waals surface area contributed by atoms with Crippen molar-refractivity contribution in [1.29, 1.82) is 0 Å². The number of aliphatic hydroxyl groups is 1. The zero-order valence-corrected chi connectivity index (χ0v) is 14.8. The molecule has 2 aromatic rings. The Morgan fingerprint density at radius 3 is 2.27 bits per heavy atom. The van der Waals surface area contributed by atoms with Gasteiger partial charge >= 0.3 is 0 Å². The van der Waals surface area contributed by atoms with Crippen molar-refractivity contribution in [3.8, 4) is 0 Å². The minimum absolute atomic E-state index is 0.0418. The van der Waals surface area contributed by atoms with E-state index in [2.05, 4.69) is 5.32 Å². The largest absolute Gasteiger partial charge is 0.392 e. The number of anilines is 1. The first-order valence-electron chi connectivity index (χ1n) is 9.12. The maximum atomic E-state index is 13.0. The van der Waals surface area contributed by atoms with E-state index in [9.17, 15) is 9.18 Å².